The molecule has 4 aliphatic carbocycles. The second-order valence-electron chi connectivity index (χ2n) is 6.50. The van der Waals surface area contributed by atoms with Gasteiger partial charge in [-0.25, -0.2) is 0 Å². The van der Waals surface area contributed by atoms with Crippen LogP contribution in [-0.4, -0.2) is 17.8 Å². The molecule has 0 spiro atoms. The number of halogens is 1. The van der Waals surface area contributed by atoms with Gasteiger partial charge in [0, 0.05) is 17.3 Å². The van der Waals surface area contributed by atoms with E-state index in [1.807, 2.05) is 0 Å². The first-order chi connectivity index (χ1) is 8.22. The smallest absolute Gasteiger partial charge is 0.226 e. The molecule has 4 rings (SSSR count). The minimum atomic E-state index is 0.0427. The number of hydrogen-bond acceptors (Lipinski definition) is 1. The zero-order chi connectivity index (χ0) is 11.9. The second kappa shape index (κ2) is 4.56. The predicted octanol–water partition coefficient (Wildman–Crippen LogP) is 3.10. The molecule has 17 heavy (non-hydrogen) atoms. The van der Waals surface area contributed by atoms with Crippen LogP contribution in [0.4, 0.5) is 0 Å². The van der Waals surface area contributed by atoms with Gasteiger partial charge >= 0.3 is 0 Å². The molecular weight excluding hydrogens is 278 g/mol. The van der Waals surface area contributed by atoms with Gasteiger partial charge in [0.25, 0.3) is 0 Å². The summed E-state index contributed by atoms with van der Waals surface area (Å²) in [6.45, 7) is 0.839. The van der Waals surface area contributed by atoms with Gasteiger partial charge in [0.15, 0.2) is 0 Å². The van der Waals surface area contributed by atoms with E-state index in [9.17, 15) is 4.79 Å². The summed E-state index contributed by atoms with van der Waals surface area (Å²) in [5, 5.41) is 4.15. The summed E-state index contributed by atoms with van der Waals surface area (Å²) in [7, 11) is 0. The lowest BCUT2D eigenvalue weighted by molar-refractivity contribution is -0.146. The third-order valence-electron chi connectivity index (χ3n) is 5.12. The van der Waals surface area contributed by atoms with Crippen molar-refractivity contribution in [1.29, 1.82) is 0 Å². The molecule has 4 saturated carbocycles. The largest absolute Gasteiger partial charge is 0.356 e. The number of carbonyl (C=O) groups is 1. The van der Waals surface area contributed by atoms with Crippen LogP contribution >= 0.6 is 15.9 Å². The molecule has 0 saturated heterocycles. The third kappa shape index (κ3) is 2.16. The Balaban J connectivity index is 1.67. The Morgan fingerprint density at radius 3 is 2.12 bits per heavy atom. The molecule has 4 fully saturated rings. The van der Waals surface area contributed by atoms with Crippen molar-refractivity contribution in [2.75, 3.05) is 11.9 Å². The fraction of sp³-hybridized carbons (Fsp3) is 0.929. The van der Waals surface area contributed by atoms with E-state index in [-0.39, 0.29) is 5.41 Å². The predicted molar refractivity (Wildman–Crippen MR) is 72.0 cm³/mol. The highest BCUT2D eigenvalue weighted by molar-refractivity contribution is 9.09. The van der Waals surface area contributed by atoms with Gasteiger partial charge in [-0.05, 0) is 62.7 Å². The van der Waals surface area contributed by atoms with E-state index >= 15 is 0 Å². The zero-order valence-corrected chi connectivity index (χ0v) is 12.0. The van der Waals surface area contributed by atoms with Gasteiger partial charge in [-0.3, -0.25) is 4.79 Å². The van der Waals surface area contributed by atoms with E-state index < -0.39 is 0 Å². The van der Waals surface area contributed by atoms with Crippen molar-refractivity contribution < 1.29 is 4.79 Å². The maximum atomic E-state index is 12.4. The molecule has 4 aliphatic rings. The minimum absolute atomic E-state index is 0.0427. The second-order valence-corrected chi connectivity index (χ2v) is 7.29. The average Bonchev–Trinajstić information content (AvgIpc) is 2.27. The number of nitrogens with one attached hydrogen (secondary N) is 1. The van der Waals surface area contributed by atoms with Gasteiger partial charge < -0.3 is 5.32 Å². The molecule has 0 aromatic carbocycles. The van der Waals surface area contributed by atoms with E-state index in [1.165, 1.54) is 38.5 Å². The van der Waals surface area contributed by atoms with Gasteiger partial charge in [0.2, 0.25) is 5.91 Å². The number of carbonyl (C=O) groups excluding carboxylic acids is 1. The van der Waals surface area contributed by atoms with Crippen molar-refractivity contribution in [3.05, 3.63) is 0 Å². The highest BCUT2D eigenvalue weighted by Gasteiger charge is 2.54. The molecule has 0 aromatic rings. The molecule has 0 unspecified atom stereocenters. The summed E-state index contributed by atoms with van der Waals surface area (Å²) in [5.74, 6) is 2.96. The molecule has 3 heteroatoms. The van der Waals surface area contributed by atoms with E-state index in [0.29, 0.717) is 5.91 Å². The number of amides is 1. The summed E-state index contributed by atoms with van der Waals surface area (Å²) in [5.41, 5.74) is 0.0427. The van der Waals surface area contributed by atoms with Crippen molar-refractivity contribution in [2.24, 2.45) is 23.2 Å². The molecule has 0 atom stereocenters. The molecular formula is C14H22BrNO. The SMILES string of the molecule is O=C(NCCCBr)C12CC3CC(CC(C3)C1)C2. The molecule has 2 nitrogen and oxygen atoms in total. The Hall–Kier alpha value is -0.0500. The lowest BCUT2D eigenvalue weighted by atomic mass is 9.49. The van der Waals surface area contributed by atoms with Crippen molar-refractivity contribution >= 4 is 21.8 Å². The minimum Gasteiger partial charge on any atom is -0.356 e. The van der Waals surface area contributed by atoms with E-state index in [4.69, 9.17) is 0 Å². The maximum absolute atomic E-state index is 12.4. The van der Waals surface area contributed by atoms with Crippen LogP contribution in [0.2, 0.25) is 0 Å². The van der Waals surface area contributed by atoms with Crippen LogP contribution in [0.3, 0.4) is 0 Å². The first-order valence-electron chi connectivity index (χ1n) is 7.06. The first kappa shape index (κ1) is 12.0. The quantitative estimate of drug-likeness (QED) is 0.627. The van der Waals surface area contributed by atoms with Gasteiger partial charge in [-0.1, -0.05) is 15.9 Å². The van der Waals surface area contributed by atoms with Crippen LogP contribution in [0.25, 0.3) is 0 Å². The van der Waals surface area contributed by atoms with Gasteiger partial charge in [0.05, 0.1) is 0 Å². The summed E-state index contributed by atoms with van der Waals surface area (Å²) in [6, 6.07) is 0. The Kier molecular flexibility index (Phi) is 3.22. The maximum Gasteiger partial charge on any atom is 0.226 e. The average molecular weight is 300 g/mol. The number of alkyl halides is 1. The summed E-state index contributed by atoms with van der Waals surface area (Å²) in [6.07, 6.45) is 8.81. The molecule has 1 N–H and O–H groups in total. The Morgan fingerprint density at radius 1 is 1.12 bits per heavy atom. The van der Waals surface area contributed by atoms with Crippen LogP contribution < -0.4 is 5.32 Å². The Labute approximate surface area is 112 Å². The Bertz CT molecular complexity index is 280. The van der Waals surface area contributed by atoms with Crippen LogP contribution in [0.15, 0.2) is 0 Å². The Morgan fingerprint density at radius 2 is 1.65 bits per heavy atom. The summed E-state index contributed by atoms with van der Waals surface area (Å²) in [4.78, 5) is 12.4. The number of hydrogen-bond donors (Lipinski definition) is 1. The van der Waals surface area contributed by atoms with Gasteiger partial charge in [-0.2, -0.15) is 0 Å². The number of rotatable bonds is 4. The standard InChI is InChI=1S/C14H22BrNO/c15-2-1-3-16-13(17)14-7-10-4-11(8-14)6-12(5-10)9-14/h10-12H,1-9H2,(H,16,17). The highest BCUT2D eigenvalue weighted by Crippen LogP contribution is 2.60. The highest BCUT2D eigenvalue weighted by atomic mass is 79.9. The van der Waals surface area contributed by atoms with Gasteiger partial charge in [-0.15, -0.1) is 0 Å². The zero-order valence-electron chi connectivity index (χ0n) is 10.4. The molecule has 0 heterocycles. The lowest BCUT2D eigenvalue weighted by Crippen LogP contribution is -2.53. The van der Waals surface area contributed by atoms with Crippen molar-refractivity contribution in [3.8, 4) is 0 Å². The lowest BCUT2D eigenvalue weighted by Gasteiger charge is -2.55. The fourth-order valence-corrected chi connectivity index (χ4v) is 5.13. The third-order valence-corrected chi connectivity index (χ3v) is 5.68. The molecule has 0 radical (unpaired) electrons. The van der Waals surface area contributed by atoms with Crippen LogP contribution in [0.1, 0.15) is 44.9 Å². The summed E-state index contributed by atoms with van der Waals surface area (Å²) >= 11 is 3.41. The monoisotopic (exact) mass is 299 g/mol. The first-order valence-corrected chi connectivity index (χ1v) is 8.18. The summed E-state index contributed by atoms with van der Waals surface area (Å²) < 4.78 is 0. The van der Waals surface area contributed by atoms with E-state index in [0.717, 1.165) is 36.0 Å². The van der Waals surface area contributed by atoms with Crippen LogP contribution in [0.5, 0.6) is 0 Å². The van der Waals surface area contributed by atoms with Crippen molar-refractivity contribution in [1.82, 2.24) is 5.32 Å². The fourth-order valence-electron chi connectivity index (χ4n) is 4.84. The molecule has 0 aliphatic heterocycles. The normalized spacial score (nSPS) is 42.8. The molecule has 1 amide bonds. The molecule has 96 valence electrons. The van der Waals surface area contributed by atoms with E-state index in [1.54, 1.807) is 0 Å². The van der Waals surface area contributed by atoms with Crippen molar-refractivity contribution in [2.45, 2.75) is 44.9 Å². The van der Waals surface area contributed by atoms with Gasteiger partial charge in [0.1, 0.15) is 0 Å². The molecule has 4 bridgehead atoms. The van der Waals surface area contributed by atoms with Crippen LogP contribution in [0, 0.1) is 23.2 Å². The van der Waals surface area contributed by atoms with E-state index in [2.05, 4.69) is 21.2 Å². The van der Waals surface area contributed by atoms with Crippen molar-refractivity contribution in [3.63, 3.8) is 0 Å². The topological polar surface area (TPSA) is 29.1 Å². The molecule has 0 aromatic heterocycles. The van der Waals surface area contributed by atoms with Crippen LogP contribution in [-0.2, 0) is 4.79 Å².